The van der Waals surface area contributed by atoms with E-state index in [-0.39, 0.29) is 11.7 Å². The molecule has 0 aliphatic rings. The maximum absolute atomic E-state index is 12.5. The van der Waals surface area contributed by atoms with Crippen molar-refractivity contribution in [2.45, 2.75) is 40.8 Å². The zero-order valence-electron chi connectivity index (χ0n) is 13.8. The van der Waals surface area contributed by atoms with Crippen molar-refractivity contribution in [3.05, 3.63) is 46.3 Å². The van der Waals surface area contributed by atoms with Crippen LogP contribution < -0.4 is 0 Å². The summed E-state index contributed by atoms with van der Waals surface area (Å²) in [7, 11) is 1.78. The Morgan fingerprint density at radius 1 is 1.32 bits per heavy atom. The van der Waals surface area contributed by atoms with Crippen LogP contribution in [0.5, 0.6) is 5.75 Å². The third-order valence-corrected chi connectivity index (χ3v) is 4.02. The summed E-state index contributed by atoms with van der Waals surface area (Å²) >= 11 is 0. The van der Waals surface area contributed by atoms with Gasteiger partial charge in [0, 0.05) is 37.0 Å². The van der Waals surface area contributed by atoms with Gasteiger partial charge in [-0.15, -0.1) is 0 Å². The number of phenols is 1. The topological polar surface area (TPSA) is 58.4 Å². The van der Waals surface area contributed by atoms with Crippen molar-refractivity contribution in [3.63, 3.8) is 0 Å². The molecule has 22 heavy (non-hydrogen) atoms. The third-order valence-electron chi connectivity index (χ3n) is 4.02. The molecule has 0 radical (unpaired) electrons. The fourth-order valence-electron chi connectivity index (χ4n) is 2.59. The molecule has 0 bridgehead atoms. The Kier molecular flexibility index (Phi) is 4.54. The molecule has 1 N–H and O–H groups in total. The van der Waals surface area contributed by atoms with E-state index in [2.05, 4.69) is 12.0 Å². The molecule has 0 spiro atoms. The van der Waals surface area contributed by atoms with Gasteiger partial charge in [-0.2, -0.15) is 5.10 Å². The monoisotopic (exact) mass is 301 g/mol. The second-order valence-corrected chi connectivity index (χ2v) is 5.63. The first-order chi connectivity index (χ1) is 10.3. The van der Waals surface area contributed by atoms with Crippen LogP contribution in [0.3, 0.4) is 0 Å². The van der Waals surface area contributed by atoms with Crippen molar-refractivity contribution in [2.24, 2.45) is 0 Å². The molecule has 0 aliphatic carbocycles. The van der Waals surface area contributed by atoms with Crippen molar-refractivity contribution in [3.8, 4) is 5.75 Å². The van der Waals surface area contributed by atoms with E-state index < -0.39 is 0 Å². The van der Waals surface area contributed by atoms with E-state index in [0.29, 0.717) is 17.7 Å². The number of benzene rings is 1. The Balaban J connectivity index is 2.21. The van der Waals surface area contributed by atoms with Gasteiger partial charge >= 0.3 is 0 Å². The number of phenolic OH excluding ortho intramolecular Hbond substituents is 1. The number of nitrogens with zero attached hydrogens (tertiary/aromatic N) is 3. The smallest absolute Gasteiger partial charge is 0.253 e. The first-order valence-corrected chi connectivity index (χ1v) is 7.43. The van der Waals surface area contributed by atoms with E-state index in [4.69, 9.17) is 0 Å². The van der Waals surface area contributed by atoms with Crippen LogP contribution >= 0.6 is 0 Å². The number of aryl methyl sites for hydroxylation is 3. The summed E-state index contributed by atoms with van der Waals surface area (Å²) in [5.41, 5.74) is 4.43. The molecule has 1 aromatic heterocycles. The maximum atomic E-state index is 12.5. The molecule has 0 atom stereocenters. The van der Waals surface area contributed by atoms with Gasteiger partial charge in [-0.25, -0.2) is 0 Å². The van der Waals surface area contributed by atoms with Crippen LogP contribution in [-0.4, -0.2) is 32.7 Å². The summed E-state index contributed by atoms with van der Waals surface area (Å²) < 4.78 is 1.95. The summed E-state index contributed by atoms with van der Waals surface area (Å²) in [5.74, 6) is 0.140. The van der Waals surface area contributed by atoms with Crippen molar-refractivity contribution >= 4 is 5.91 Å². The molecule has 2 rings (SSSR count). The van der Waals surface area contributed by atoms with Gasteiger partial charge in [-0.1, -0.05) is 0 Å². The van der Waals surface area contributed by atoms with Gasteiger partial charge in [0.2, 0.25) is 0 Å². The number of hydrogen-bond donors (Lipinski definition) is 1. The minimum absolute atomic E-state index is 0.0638. The molecule has 5 heteroatoms. The lowest BCUT2D eigenvalue weighted by atomic mass is 10.1. The van der Waals surface area contributed by atoms with Crippen molar-refractivity contribution in [2.75, 3.05) is 7.05 Å². The lowest BCUT2D eigenvalue weighted by Crippen LogP contribution is -2.26. The predicted octanol–water partition coefficient (Wildman–Crippen LogP) is 2.81. The number of amides is 1. The number of carbonyl (C=O) groups excluding carboxylic acids is 1. The fourth-order valence-corrected chi connectivity index (χ4v) is 2.59. The lowest BCUT2D eigenvalue weighted by molar-refractivity contribution is 0.0784. The first-order valence-electron chi connectivity index (χ1n) is 7.43. The van der Waals surface area contributed by atoms with Gasteiger partial charge < -0.3 is 10.0 Å². The maximum Gasteiger partial charge on any atom is 0.253 e. The Labute approximate surface area is 131 Å². The largest absolute Gasteiger partial charge is 0.508 e. The molecule has 118 valence electrons. The predicted molar refractivity (Wildman–Crippen MR) is 86.0 cm³/mol. The zero-order valence-corrected chi connectivity index (χ0v) is 13.8. The Morgan fingerprint density at radius 2 is 2.00 bits per heavy atom. The fraction of sp³-hybridized carbons (Fsp3) is 0.412. The van der Waals surface area contributed by atoms with E-state index in [0.717, 1.165) is 23.5 Å². The van der Waals surface area contributed by atoms with Crippen LogP contribution in [0.15, 0.2) is 18.2 Å². The van der Waals surface area contributed by atoms with Crippen molar-refractivity contribution in [1.82, 2.24) is 14.7 Å². The highest BCUT2D eigenvalue weighted by molar-refractivity contribution is 5.94. The van der Waals surface area contributed by atoms with Gasteiger partial charge in [-0.05, 0) is 51.5 Å². The number of carbonyl (C=O) groups is 1. The highest BCUT2D eigenvalue weighted by atomic mass is 16.3. The highest BCUT2D eigenvalue weighted by Gasteiger charge is 2.17. The van der Waals surface area contributed by atoms with Crippen LogP contribution in [-0.2, 0) is 13.1 Å². The molecule has 0 aliphatic heterocycles. The molecule has 1 aromatic carbocycles. The SMILES string of the molecule is CCn1nc(C)c(CN(C)C(=O)c2ccc(O)c(C)c2)c1C. The van der Waals surface area contributed by atoms with Gasteiger partial charge in [0.05, 0.1) is 5.69 Å². The Morgan fingerprint density at radius 3 is 2.55 bits per heavy atom. The summed E-state index contributed by atoms with van der Waals surface area (Å²) in [6, 6.07) is 4.92. The van der Waals surface area contributed by atoms with Crippen LogP contribution in [0.25, 0.3) is 0 Å². The van der Waals surface area contributed by atoms with E-state index >= 15 is 0 Å². The normalized spacial score (nSPS) is 10.8. The standard InChI is InChI=1S/C17H23N3O2/c1-6-20-13(4)15(12(3)18-20)10-19(5)17(22)14-7-8-16(21)11(2)9-14/h7-9,21H,6,10H2,1-5H3. The van der Waals surface area contributed by atoms with E-state index in [9.17, 15) is 9.90 Å². The van der Waals surface area contributed by atoms with Gasteiger partial charge in [0.1, 0.15) is 5.75 Å². The van der Waals surface area contributed by atoms with Crippen molar-refractivity contribution in [1.29, 1.82) is 0 Å². The van der Waals surface area contributed by atoms with Crippen LogP contribution in [0.4, 0.5) is 0 Å². The number of aromatic nitrogens is 2. The zero-order chi connectivity index (χ0) is 16.4. The summed E-state index contributed by atoms with van der Waals surface area (Å²) in [6.45, 7) is 9.18. The molecule has 1 amide bonds. The summed E-state index contributed by atoms with van der Waals surface area (Å²) in [5, 5.41) is 14.1. The lowest BCUT2D eigenvalue weighted by Gasteiger charge is -2.18. The Hall–Kier alpha value is -2.30. The summed E-state index contributed by atoms with van der Waals surface area (Å²) in [4.78, 5) is 14.2. The number of aromatic hydroxyl groups is 1. The van der Waals surface area contributed by atoms with Crippen LogP contribution in [0, 0.1) is 20.8 Å². The minimum atomic E-state index is -0.0638. The molecule has 1 heterocycles. The van der Waals surface area contributed by atoms with Gasteiger partial charge in [-0.3, -0.25) is 9.48 Å². The first kappa shape index (κ1) is 16.1. The second-order valence-electron chi connectivity index (χ2n) is 5.63. The molecule has 5 nitrogen and oxygen atoms in total. The van der Waals surface area contributed by atoms with Gasteiger partial charge in [0.15, 0.2) is 0 Å². The third kappa shape index (κ3) is 2.98. The Bertz CT molecular complexity index is 704. The van der Waals surface area contributed by atoms with Crippen LogP contribution in [0.2, 0.25) is 0 Å². The quantitative estimate of drug-likeness (QED) is 0.944. The van der Waals surface area contributed by atoms with Crippen molar-refractivity contribution < 1.29 is 9.90 Å². The molecule has 0 saturated heterocycles. The molecule has 0 fully saturated rings. The second kappa shape index (κ2) is 6.22. The number of hydrogen-bond acceptors (Lipinski definition) is 3. The molecular weight excluding hydrogens is 278 g/mol. The van der Waals surface area contributed by atoms with E-state index in [1.807, 2.05) is 18.5 Å². The minimum Gasteiger partial charge on any atom is -0.508 e. The molecule has 0 saturated carbocycles. The molecule has 0 unspecified atom stereocenters. The molecule has 2 aromatic rings. The van der Waals surface area contributed by atoms with E-state index in [1.54, 1.807) is 37.1 Å². The number of rotatable bonds is 4. The van der Waals surface area contributed by atoms with E-state index in [1.165, 1.54) is 0 Å². The highest BCUT2D eigenvalue weighted by Crippen LogP contribution is 2.20. The average Bonchev–Trinajstić information content (AvgIpc) is 2.76. The summed E-state index contributed by atoms with van der Waals surface area (Å²) in [6.07, 6.45) is 0. The molecular formula is C17H23N3O2. The van der Waals surface area contributed by atoms with Gasteiger partial charge in [0.25, 0.3) is 5.91 Å². The van der Waals surface area contributed by atoms with Crippen LogP contribution in [0.1, 0.15) is 39.8 Å². The average molecular weight is 301 g/mol.